The zero-order chi connectivity index (χ0) is 10.1. The molecule has 1 aromatic carbocycles. The van der Waals surface area contributed by atoms with Crippen LogP contribution < -0.4 is 4.74 Å². The van der Waals surface area contributed by atoms with E-state index in [4.69, 9.17) is 4.74 Å². The molecule has 14 heavy (non-hydrogen) atoms. The first-order valence-corrected chi connectivity index (χ1v) is 4.41. The number of nitrogens with zero attached hydrogens (tertiary/aromatic N) is 1. The van der Waals surface area contributed by atoms with Gasteiger partial charge in [-0.25, -0.2) is 0 Å². The second kappa shape index (κ2) is 3.18. The highest BCUT2D eigenvalue weighted by Crippen LogP contribution is 2.25. The van der Waals surface area contributed by atoms with Crippen molar-refractivity contribution in [3.05, 3.63) is 30.5 Å². The van der Waals surface area contributed by atoms with E-state index in [2.05, 4.69) is 0 Å². The fourth-order valence-electron chi connectivity index (χ4n) is 1.52. The second-order valence-electron chi connectivity index (χ2n) is 3.21. The van der Waals surface area contributed by atoms with Crippen molar-refractivity contribution in [3.63, 3.8) is 0 Å². The van der Waals surface area contributed by atoms with Crippen LogP contribution in [0.5, 0.6) is 5.75 Å². The molecule has 1 aromatic heterocycles. The SMILES string of the molecule is CC(=O)Oc1cccc2c1ccn2C. The number of carbonyl (C=O) groups excluding carboxylic acids is 1. The van der Waals surface area contributed by atoms with E-state index in [1.165, 1.54) is 6.92 Å². The van der Waals surface area contributed by atoms with Gasteiger partial charge in [-0.05, 0) is 18.2 Å². The average molecular weight is 189 g/mol. The number of aromatic nitrogens is 1. The van der Waals surface area contributed by atoms with Gasteiger partial charge in [0.15, 0.2) is 0 Å². The Balaban J connectivity index is 2.59. The van der Waals surface area contributed by atoms with Crippen LogP contribution in [-0.4, -0.2) is 10.5 Å². The maximum atomic E-state index is 10.8. The number of carbonyl (C=O) groups is 1. The minimum atomic E-state index is -0.290. The summed E-state index contributed by atoms with van der Waals surface area (Å²) in [5.74, 6) is 0.331. The van der Waals surface area contributed by atoms with Gasteiger partial charge >= 0.3 is 5.97 Å². The van der Waals surface area contributed by atoms with Crippen LogP contribution in [0.3, 0.4) is 0 Å². The fraction of sp³-hybridized carbons (Fsp3) is 0.182. The molecule has 3 heteroatoms. The molecule has 2 rings (SSSR count). The van der Waals surface area contributed by atoms with Gasteiger partial charge in [0, 0.05) is 25.6 Å². The second-order valence-corrected chi connectivity index (χ2v) is 3.21. The summed E-state index contributed by atoms with van der Waals surface area (Å²) in [7, 11) is 1.96. The Morgan fingerprint density at radius 1 is 1.36 bits per heavy atom. The van der Waals surface area contributed by atoms with Crippen LogP contribution in [0, 0.1) is 0 Å². The summed E-state index contributed by atoms with van der Waals surface area (Å²) in [4.78, 5) is 10.8. The molecule has 0 unspecified atom stereocenters. The van der Waals surface area contributed by atoms with E-state index in [1.54, 1.807) is 6.07 Å². The van der Waals surface area contributed by atoms with Crippen molar-refractivity contribution in [1.29, 1.82) is 0 Å². The van der Waals surface area contributed by atoms with Crippen molar-refractivity contribution in [1.82, 2.24) is 4.57 Å². The van der Waals surface area contributed by atoms with Crippen molar-refractivity contribution in [2.75, 3.05) is 0 Å². The van der Waals surface area contributed by atoms with E-state index in [0.29, 0.717) is 5.75 Å². The molecule has 2 aromatic rings. The van der Waals surface area contributed by atoms with Crippen molar-refractivity contribution >= 4 is 16.9 Å². The maximum Gasteiger partial charge on any atom is 0.308 e. The summed E-state index contributed by atoms with van der Waals surface area (Å²) < 4.78 is 7.08. The molecule has 0 fully saturated rings. The maximum absolute atomic E-state index is 10.8. The van der Waals surface area contributed by atoms with Crippen molar-refractivity contribution in [2.45, 2.75) is 6.92 Å². The van der Waals surface area contributed by atoms with Crippen LogP contribution >= 0.6 is 0 Å². The Labute approximate surface area is 81.9 Å². The van der Waals surface area contributed by atoms with E-state index in [1.807, 2.05) is 36.0 Å². The van der Waals surface area contributed by atoms with Crippen LogP contribution in [0.15, 0.2) is 30.5 Å². The standard InChI is InChI=1S/C11H11NO2/c1-8(13)14-11-5-3-4-10-9(11)6-7-12(10)2/h3-7H,1-2H3. The van der Waals surface area contributed by atoms with Crippen molar-refractivity contribution in [3.8, 4) is 5.75 Å². The molecule has 0 atom stereocenters. The highest BCUT2D eigenvalue weighted by molar-refractivity contribution is 5.88. The first-order chi connectivity index (χ1) is 6.68. The average Bonchev–Trinajstić information content (AvgIpc) is 2.49. The molecule has 0 bridgehead atoms. The molecular formula is C11H11NO2. The first kappa shape index (κ1) is 8.81. The molecule has 1 heterocycles. The zero-order valence-corrected chi connectivity index (χ0v) is 8.15. The Morgan fingerprint density at radius 3 is 2.86 bits per heavy atom. The number of esters is 1. The third-order valence-electron chi connectivity index (χ3n) is 2.14. The predicted octanol–water partition coefficient (Wildman–Crippen LogP) is 2.10. The molecule has 0 aliphatic carbocycles. The number of hydrogen-bond acceptors (Lipinski definition) is 2. The van der Waals surface area contributed by atoms with Gasteiger partial charge in [-0.2, -0.15) is 0 Å². The molecule has 0 spiro atoms. The summed E-state index contributed by atoms with van der Waals surface area (Å²) >= 11 is 0. The van der Waals surface area contributed by atoms with Crippen molar-refractivity contribution < 1.29 is 9.53 Å². The first-order valence-electron chi connectivity index (χ1n) is 4.41. The molecule has 0 radical (unpaired) electrons. The molecule has 0 aliphatic heterocycles. The molecule has 72 valence electrons. The van der Waals surface area contributed by atoms with Gasteiger partial charge in [0.25, 0.3) is 0 Å². The quantitative estimate of drug-likeness (QED) is 0.508. The van der Waals surface area contributed by atoms with Gasteiger partial charge in [-0.3, -0.25) is 4.79 Å². The number of ether oxygens (including phenoxy) is 1. The Morgan fingerprint density at radius 2 is 2.14 bits per heavy atom. The predicted molar refractivity (Wildman–Crippen MR) is 54.2 cm³/mol. The number of aryl methyl sites for hydroxylation is 1. The molecule has 3 nitrogen and oxygen atoms in total. The largest absolute Gasteiger partial charge is 0.426 e. The lowest BCUT2D eigenvalue weighted by atomic mass is 10.2. The normalized spacial score (nSPS) is 10.4. The Kier molecular flexibility index (Phi) is 2.00. The summed E-state index contributed by atoms with van der Waals surface area (Å²) in [6.45, 7) is 1.40. The summed E-state index contributed by atoms with van der Waals surface area (Å²) in [5.41, 5.74) is 1.06. The molecular weight excluding hydrogens is 178 g/mol. The minimum Gasteiger partial charge on any atom is -0.426 e. The van der Waals surface area contributed by atoms with Gasteiger partial charge in [-0.1, -0.05) is 6.07 Å². The summed E-state index contributed by atoms with van der Waals surface area (Å²) in [5, 5.41) is 0.963. The summed E-state index contributed by atoms with van der Waals surface area (Å²) in [6, 6.07) is 7.60. The lowest BCUT2D eigenvalue weighted by Gasteiger charge is -2.03. The van der Waals surface area contributed by atoms with Crippen LogP contribution in [0.25, 0.3) is 10.9 Å². The van der Waals surface area contributed by atoms with E-state index in [0.717, 1.165) is 10.9 Å². The molecule has 0 saturated carbocycles. The third-order valence-corrected chi connectivity index (χ3v) is 2.14. The third kappa shape index (κ3) is 1.37. The van der Waals surface area contributed by atoms with Gasteiger partial charge in [0.2, 0.25) is 0 Å². The van der Waals surface area contributed by atoms with Crippen LogP contribution in [-0.2, 0) is 11.8 Å². The van der Waals surface area contributed by atoms with Crippen LogP contribution in [0.1, 0.15) is 6.92 Å². The highest BCUT2D eigenvalue weighted by atomic mass is 16.5. The molecule has 0 amide bonds. The smallest absolute Gasteiger partial charge is 0.308 e. The number of hydrogen-bond donors (Lipinski definition) is 0. The van der Waals surface area contributed by atoms with Gasteiger partial charge < -0.3 is 9.30 Å². The molecule has 0 N–H and O–H groups in total. The topological polar surface area (TPSA) is 31.2 Å². The lowest BCUT2D eigenvalue weighted by molar-refractivity contribution is -0.131. The molecule has 0 saturated heterocycles. The van der Waals surface area contributed by atoms with E-state index in [9.17, 15) is 4.79 Å². The van der Waals surface area contributed by atoms with Gasteiger partial charge in [-0.15, -0.1) is 0 Å². The number of rotatable bonds is 1. The lowest BCUT2D eigenvalue weighted by Crippen LogP contribution is -2.01. The van der Waals surface area contributed by atoms with Gasteiger partial charge in [0.1, 0.15) is 5.75 Å². The number of fused-ring (bicyclic) bond motifs is 1. The zero-order valence-electron chi connectivity index (χ0n) is 8.15. The van der Waals surface area contributed by atoms with Gasteiger partial charge in [0.05, 0.1) is 5.52 Å². The Hall–Kier alpha value is -1.77. The fourth-order valence-corrected chi connectivity index (χ4v) is 1.52. The van der Waals surface area contributed by atoms with Crippen LogP contribution in [0.4, 0.5) is 0 Å². The number of benzene rings is 1. The van der Waals surface area contributed by atoms with E-state index < -0.39 is 0 Å². The monoisotopic (exact) mass is 189 g/mol. The Bertz CT molecular complexity index is 485. The summed E-state index contributed by atoms with van der Waals surface area (Å²) in [6.07, 6.45) is 1.94. The molecule has 0 aliphatic rings. The van der Waals surface area contributed by atoms with Crippen LogP contribution in [0.2, 0.25) is 0 Å². The van der Waals surface area contributed by atoms with E-state index in [-0.39, 0.29) is 5.97 Å². The highest BCUT2D eigenvalue weighted by Gasteiger charge is 2.05. The van der Waals surface area contributed by atoms with Crippen molar-refractivity contribution in [2.24, 2.45) is 7.05 Å². The minimum absolute atomic E-state index is 0.290. The van der Waals surface area contributed by atoms with E-state index >= 15 is 0 Å².